The Kier molecular flexibility index (Phi) is 4.97. The second-order valence-corrected chi connectivity index (χ2v) is 4.75. The molecule has 0 bridgehead atoms. The number of alkyl halides is 3. The van der Waals surface area contributed by atoms with Gasteiger partial charge in [0.2, 0.25) is 0 Å². The number of ether oxygens (including phenoxy) is 1. The summed E-state index contributed by atoms with van der Waals surface area (Å²) in [5, 5.41) is 11.0. The maximum atomic E-state index is 12.1. The van der Waals surface area contributed by atoms with Crippen LogP contribution in [0.2, 0.25) is 0 Å². The highest BCUT2D eigenvalue weighted by molar-refractivity contribution is 5.78. The quantitative estimate of drug-likeness (QED) is 0.761. The number of halogens is 3. The second kappa shape index (κ2) is 5.22. The highest BCUT2D eigenvalue weighted by Crippen LogP contribution is 2.24. The third-order valence-corrected chi connectivity index (χ3v) is 2.48. The predicted molar refractivity (Wildman–Crippen MR) is 55.8 cm³/mol. The van der Waals surface area contributed by atoms with Gasteiger partial charge < -0.3 is 9.84 Å². The van der Waals surface area contributed by atoms with Gasteiger partial charge in [0.15, 0.2) is 0 Å². The minimum atomic E-state index is -4.45. The van der Waals surface area contributed by atoms with Crippen LogP contribution in [0.3, 0.4) is 0 Å². The molecule has 0 aliphatic carbocycles. The number of rotatable bonds is 6. The molecule has 7 heteroatoms. The number of methoxy groups -OCH3 is 1. The number of aliphatic carboxylic acids is 1. The fourth-order valence-corrected chi connectivity index (χ4v) is 1.43. The van der Waals surface area contributed by atoms with Crippen molar-refractivity contribution >= 4 is 5.97 Å². The SMILES string of the molecule is COC(C)(C)CC(C)(NCC(F)(F)F)C(=O)O. The average Bonchev–Trinajstić information content (AvgIpc) is 2.13. The number of hydrogen-bond acceptors (Lipinski definition) is 3. The predicted octanol–water partition coefficient (Wildman–Crippen LogP) is 1.80. The summed E-state index contributed by atoms with van der Waals surface area (Å²) in [5.74, 6) is -1.34. The van der Waals surface area contributed by atoms with Crippen molar-refractivity contribution in [1.29, 1.82) is 0 Å². The molecule has 102 valence electrons. The van der Waals surface area contributed by atoms with E-state index in [0.717, 1.165) is 0 Å². The number of hydrogen-bond donors (Lipinski definition) is 2. The van der Waals surface area contributed by atoms with Crippen molar-refractivity contribution in [1.82, 2.24) is 5.32 Å². The Morgan fingerprint density at radius 1 is 1.29 bits per heavy atom. The van der Waals surface area contributed by atoms with Crippen molar-refractivity contribution < 1.29 is 27.8 Å². The Balaban J connectivity index is 4.75. The first kappa shape index (κ1) is 16.2. The van der Waals surface area contributed by atoms with Crippen LogP contribution in [0, 0.1) is 0 Å². The van der Waals surface area contributed by atoms with Crippen LogP contribution in [-0.2, 0) is 9.53 Å². The molecule has 0 rings (SSSR count). The van der Waals surface area contributed by atoms with E-state index in [4.69, 9.17) is 9.84 Å². The Morgan fingerprint density at radius 3 is 2.06 bits per heavy atom. The summed E-state index contributed by atoms with van der Waals surface area (Å²) in [6, 6.07) is 0. The summed E-state index contributed by atoms with van der Waals surface area (Å²) < 4.78 is 41.3. The van der Waals surface area contributed by atoms with Crippen LogP contribution in [-0.4, -0.2) is 42.0 Å². The molecule has 0 saturated heterocycles. The fourth-order valence-electron chi connectivity index (χ4n) is 1.43. The van der Waals surface area contributed by atoms with Crippen LogP contribution in [0.5, 0.6) is 0 Å². The zero-order chi connectivity index (χ0) is 13.9. The molecule has 4 nitrogen and oxygen atoms in total. The van der Waals surface area contributed by atoms with Crippen LogP contribution < -0.4 is 5.32 Å². The highest BCUT2D eigenvalue weighted by atomic mass is 19.4. The summed E-state index contributed by atoms with van der Waals surface area (Å²) in [6.45, 7) is 3.09. The Hall–Kier alpha value is -0.820. The first-order chi connectivity index (χ1) is 7.42. The third-order valence-electron chi connectivity index (χ3n) is 2.48. The van der Waals surface area contributed by atoms with Gasteiger partial charge in [-0.1, -0.05) is 0 Å². The van der Waals surface area contributed by atoms with Gasteiger partial charge in [0.05, 0.1) is 12.1 Å². The molecular weight excluding hydrogens is 239 g/mol. The maximum absolute atomic E-state index is 12.1. The van der Waals surface area contributed by atoms with Gasteiger partial charge in [-0.15, -0.1) is 0 Å². The van der Waals surface area contributed by atoms with Gasteiger partial charge in [-0.2, -0.15) is 13.2 Å². The summed E-state index contributed by atoms with van der Waals surface area (Å²) in [6.07, 6.45) is -4.53. The maximum Gasteiger partial charge on any atom is 0.401 e. The number of nitrogens with one attached hydrogen (secondary N) is 1. The van der Waals surface area contributed by atoms with Gasteiger partial charge in [-0.25, -0.2) is 0 Å². The monoisotopic (exact) mass is 257 g/mol. The molecule has 0 saturated carbocycles. The van der Waals surface area contributed by atoms with Gasteiger partial charge in [-0.05, 0) is 20.8 Å². The zero-order valence-corrected chi connectivity index (χ0v) is 10.3. The molecule has 0 aliphatic rings. The lowest BCUT2D eigenvalue weighted by Gasteiger charge is -2.34. The fraction of sp³-hybridized carbons (Fsp3) is 0.900. The third kappa shape index (κ3) is 5.88. The van der Waals surface area contributed by atoms with Crippen molar-refractivity contribution in [2.75, 3.05) is 13.7 Å². The van der Waals surface area contributed by atoms with Gasteiger partial charge in [0, 0.05) is 13.5 Å². The van der Waals surface area contributed by atoms with Crippen LogP contribution in [0.1, 0.15) is 27.2 Å². The molecule has 0 aromatic carbocycles. The molecule has 0 aromatic heterocycles. The van der Waals surface area contributed by atoms with E-state index in [-0.39, 0.29) is 6.42 Å². The average molecular weight is 257 g/mol. The molecule has 0 aliphatic heterocycles. The Morgan fingerprint density at radius 2 is 1.76 bits per heavy atom. The summed E-state index contributed by atoms with van der Waals surface area (Å²) in [4.78, 5) is 11.0. The number of carboxylic acid groups (broad SMARTS) is 1. The van der Waals surface area contributed by atoms with E-state index in [9.17, 15) is 18.0 Å². The van der Waals surface area contributed by atoms with Crippen molar-refractivity contribution in [2.24, 2.45) is 0 Å². The lowest BCUT2D eigenvalue weighted by atomic mass is 9.87. The number of carboxylic acids is 1. The van der Waals surface area contributed by atoms with Crippen LogP contribution in [0.4, 0.5) is 13.2 Å². The molecule has 0 radical (unpaired) electrons. The summed E-state index contributed by atoms with van der Waals surface area (Å²) in [5.41, 5.74) is -2.51. The van der Waals surface area contributed by atoms with E-state index < -0.39 is 29.8 Å². The summed E-state index contributed by atoms with van der Waals surface area (Å²) >= 11 is 0. The molecule has 0 amide bonds. The number of carbonyl (C=O) groups is 1. The minimum Gasteiger partial charge on any atom is -0.480 e. The van der Waals surface area contributed by atoms with Gasteiger partial charge in [0.1, 0.15) is 5.54 Å². The van der Waals surface area contributed by atoms with E-state index in [1.165, 1.54) is 14.0 Å². The topological polar surface area (TPSA) is 58.6 Å². The van der Waals surface area contributed by atoms with Crippen molar-refractivity contribution in [2.45, 2.75) is 44.5 Å². The van der Waals surface area contributed by atoms with Gasteiger partial charge >= 0.3 is 12.1 Å². The molecular formula is C10H18F3NO3. The van der Waals surface area contributed by atoms with E-state index in [0.29, 0.717) is 0 Å². The van der Waals surface area contributed by atoms with Crippen molar-refractivity contribution in [3.63, 3.8) is 0 Å². The molecule has 1 atom stereocenters. The molecule has 0 fully saturated rings. The summed E-state index contributed by atoms with van der Waals surface area (Å²) in [7, 11) is 1.38. The lowest BCUT2D eigenvalue weighted by molar-refractivity contribution is -0.153. The van der Waals surface area contributed by atoms with E-state index in [2.05, 4.69) is 0 Å². The van der Waals surface area contributed by atoms with Gasteiger partial charge in [0.25, 0.3) is 0 Å². The lowest BCUT2D eigenvalue weighted by Crippen LogP contribution is -2.56. The second-order valence-electron chi connectivity index (χ2n) is 4.75. The zero-order valence-electron chi connectivity index (χ0n) is 10.3. The van der Waals surface area contributed by atoms with Gasteiger partial charge in [-0.3, -0.25) is 10.1 Å². The standard InChI is InChI=1S/C10H18F3NO3/c1-8(2,17-4)5-9(3,7(15)16)14-6-10(11,12)13/h14H,5-6H2,1-4H3,(H,15,16). The molecule has 2 N–H and O–H groups in total. The molecule has 0 aromatic rings. The van der Waals surface area contributed by atoms with Crippen LogP contribution >= 0.6 is 0 Å². The first-order valence-corrected chi connectivity index (χ1v) is 5.02. The van der Waals surface area contributed by atoms with E-state index in [1.54, 1.807) is 13.8 Å². The first-order valence-electron chi connectivity index (χ1n) is 5.02. The van der Waals surface area contributed by atoms with E-state index >= 15 is 0 Å². The van der Waals surface area contributed by atoms with E-state index in [1.807, 2.05) is 5.32 Å². The van der Waals surface area contributed by atoms with Crippen molar-refractivity contribution in [3.05, 3.63) is 0 Å². The van der Waals surface area contributed by atoms with Crippen LogP contribution in [0.25, 0.3) is 0 Å². The molecule has 1 unspecified atom stereocenters. The minimum absolute atomic E-state index is 0.0814. The molecule has 17 heavy (non-hydrogen) atoms. The molecule has 0 heterocycles. The largest absolute Gasteiger partial charge is 0.480 e. The smallest absolute Gasteiger partial charge is 0.401 e. The van der Waals surface area contributed by atoms with Crippen molar-refractivity contribution in [3.8, 4) is 0 Å². The highest BCUT2D eigenvalue weighted by Gasteiger charge is 2.41. The normalized spacial score (nSPS) is 16.6. The Labute approximate surface area is 98.1 Å². The molecule has 0 spiro atoms. The van der Waals surface area contributed by atoms with Crippen LogP contribution in [0.15, 0.2) is 0 Å². The Bertz CT molecular complexity index is 278.